The van der Waals surface area contributed by atoms with Gasteiger partial charge < -0.3 is 19.1 Å². The zero-order chi connectivity index (χ0) is 19.0. The minimum atomic E-state index is -0.228. The molecule has 4 aliphatic rings. The van der Waals surface area contributed by atoms with E-state index < -0.39 is 0 Å². The number of amides is 1. The van der Waals surface area contributed by atoms with Crippen LogP contribution in [0.25, 0.3) is 10.9 Å². The molecule has 0 spiro atoms. The molecule has 7 nitrogen and oxygen atoms in total. The number of nitrogens with zero attached hydrogens (tertiary/aromatic N) is 2. The van der Waals surface area contributed by atoms with Crippen molar-refractivity contribution in [3.05, 3.63) is 29.5 Å². The minimum Gasteiger partial charge on any atom is -0.465 e. The third-order valence-corrected chi connectivity index (χ3v) is 6.73. The van der Waals surface area contributed by atoms with E-state index in [1.54, 1.807) is 0 Å². The molecule has 4 aliphatic heterocycles. The van der Waals surface area contributed by atoms with E-state index in [0.717, 1.165) is 34.3 Å². The van der Waals surface area contributed by atoms with Gasteiger partial charge in [0.25, 0.3) is 0 Å². The first-order valence-electron chi connectivity index (χ1n) is 9.84. The monoisotopic (exact) mass is 380 g/mol. The molecule has 2 aromatic rings. The molecule has 5 heterocycles. The van der Waals surface area contributed by atoms with E-state index in [1.165, 1.54) is 0 Å². The van der Waals surface area contributed by atoms with Crippen molar-refractivity contribution < 1.29 is 23.8 Å². The average molecular weight is 380 g/mol. The molecule has 0 bridgehead atoms. The van der Waals surface area contributed by atoms with Crippen molar-refractivity contribution in [2.75, 3.05) is 13.4 Å². The lowest BCUT2D eigenvalue weighted by atomic mass is 9.71. The molecule has 4 unspecified atom stereocenters. The van der Waals surface area contributed by atoms with E-state index in [-0.39, 0.29) is 49.1 Å². The zero-order valence-electron chi connectivity index (χ0n) is 15.5. The highest BCUT2D eigenvalue weighted by Crippen LogP contribution is 2.49. The first kappa shape index (κ1) is 16.2. The second-order valence-electron chi connectivity index (χ2n) is 8.06. The smallest absolute Gasteiger partial charge is 0.309 e. The van der Waals surface area contributed by atoms with E-state index in [9.17, 15) is 9.59 Å². The van der Waals surface area contributed by atoms with Gasteiger partial charge >= 0.3 is 5.97 Å². The number of esters is 1. The van der Waals surface area contributed by atoms with Crippen LogP contribution in [0.1, 0.15) is 37.1 Å². The number of pyridine rings is 1. The Balaban J connectivity index is 1.43. The average Bonchev–Trinajstić information content (AvgIpc) is 3.28. The van der Waals surface area contributed by atoms with Crippen molar-refractivity contribution in [1.82, 2.24) is 9.88 Å². The maximum Gasteiger partial charge on any atom is 0.309 e. The van der Waals surface area contributed by atoms with Crippen LogP contribution < -0.4 is 9.47 Å². The molecule has 7 heteroatoms. The number of fused-ring (bicyclic) bond motifs is 6. The van der Waals surface area contributed by atoms with Crippen LogP contribution in [0.5, 0.6) is 11.5 Å². The number of hydrogen-bond donors (Lipinski definition) is 0. The number of aromatic nitrogens is 1. The molecule has 1 aromatic heterocycles. The molecular weight excluding hydrogens is 360 g/mol. The number of benzene rings is 1. The molecule has 0 N–H and O–H groups in total. The Morgan fingerprint density at radius 3 is 2.79 bits per heavy atom. The van der Waals surface area contributed by atoms with Gasteiger partial charge in [-0.25, -0.2) is 0 Å². The van der Waals surface area contributed by atoms with Crippen molar-refractivity contribution in [3.63, 3.8) is 0 Å². The standard InChI is InChI=1S/C21H20N2O5/c1-2-12-13-5-16-19-11(7-23(16)20(24)14(13)8-26-21(12)25)3-10-4-17-18(28-9-27-17)6-15(10)22-19/h3-4,6,12-14,16H,2,5,7-9H2,1H3. The van der Waals surface area contributed by atoms with Crippen molar-refractivity contribution >= 4 is 22.8 Å². The van der Waals surface area contributed by atoms with Gasteiger partial charge in [0.15, 0.2) is 11.5 Å². The molecule has 2 saturated heterocycles. The molecular formula is C21H20N2O5. The summed E-state index contributed by atoms with van der Waals surface area (Å²) in [5.41, 5.74) is 2.87. The maximum atomic E-state index is 13.2. The summed E-state index contributed by atoms with van der Waals surface area (Å²) in [7, 11) is 0. The number of rotatable bonds is 1. The quantitative estimate of drug-likeness (QED) is 0.708. The van der Waals surface area contributed by atoms with Crippen LogP contribution in [0.3, 0.4) is 0 Å². The number of piperidine rings is 1. The predicted molar refractivity (Wildman–Crippen MR) is 97.5 cm³/mol. The van der Waals surface area contributed by atoms with Crippen molar-refractivity contribution in [1.29, 1.82) is 0 Å². The van der Waals surface area contributed by atoms with Gasteiger partial charge in [0.1, 0.15) is 6.61 Å². The summed E-state index contributed by atoms with van der Waals surface area (Å²) in [6.45, 7) is 2.98. The number of hydrogen-bond acceptors (Lipinski definition) is 6. The van der Waals surface area contributed by atoms with Crippen molar-refractivity contribution in [2.24, 2.45) is 17.8 Å². The normalized spacial score (nSPS) is 30.1. The fourth-order valence-corrected chi connectivity index (χ4v) is 5.33. The largest absolute Gasteiger partial charge is 0.465 e. The number of carbonyl (C=O) groups excluding carboxylic acids is 2. The first-order chi connectivity index (χ1) is 13.6. The molecule has 0 aliphatic carbocycles. The van der Waals surface area contributed by atoms with Gasteiger partial charge in [-0.1, -0.05) is 6.92 Å². The maximum absolute atomic E-state index is 13.2. The Bertz CT molecular complexity index is 1040. The summed E-state index contributed by atoms with van der Waals surface area (Å²) < 4.78 is 16.3. The van der Waals surface area contributed by atoms with E-state index in [2.05, 4.69) is 6.07 Å². The lowest BCUT2D eigenvalue weighted by Gasteiger charge is -2.44. The topological polar surface area (TPSA) is 78.0 Å². The number of cyclic esters (lactones) is 1. The van der Waals surface area contributed by atoms with Gasteiger partial charge in [-0.15, -0.1) is 0 Å². The van der Waals surface area contributed by atoms with Crippen LogP contribution >= 0.6 is 0 Å². The highest BCUT2D eigenvalue weighted by Gasteiger charge is 2.52. The molecule has 2 fully saturated rings. The SMILES string of the molecule is CCC1C(=O)OCC2C(=O)N3Cc4cc5cc6c(cc5nc4C3CC12)OCO6. The summed E-state index contributed by atoms with van der Waals surface area (Å²) in [4.78, 5) is 32.3. The van der Waals surface area contributed by atoms with Crippen LogP contribution in [0, 0.1) is 17.8 Å². The fraction of sp³-hybridized carbons (Fsp3) is 0.476. The molecule has 6 rings (SSSR count). The first-order valence-corrected chi connectivity index (χ1v) is 9.84. The summed E-state index contributed by atoms with van der Waals surface area (Å²) in [6.07, 6.45) is 1.46. The van der Waals surface area contributed by atoms with Gasteiger partial charge in [0, 0.05) is 18.0 Å². The summed E-state index contributed by atoms with van der Waals surface area (Å²) in [5.74, 6) is 0.951. The lowest BCUT2D eigenvalue weighted by molar-refractivity contribution is -0.173. The van der Waals surface area contributed by atoms with Gasteiger partial charge in [-0.2, -0.15) is 0 Å². The van der Waals surface area contributed by atoms with E-state index in [1.807, 2.05) is 24.0 Å². The Morgan fingerprint density at radius 1 is 1.14 bits per heavy atom. The molecule has 144 valence electrons. The van der Waals surface area contributed by atoms with E-state index >= 15 is 0 Å². The number of ether oxygens (including phenoxy) is 3. The van der Waals surface area contributed by atoms with Crippen LogP contribution in [0.4, 0.5) is 0 Å². The van der Waals surface area contributed by atoms with Gasteiger partial charge in [-0.3, -0.25) is 14.6 Å². The Labute approximate surface area is 161 Å². The minimum absolute atomic E-state index is 0.0280. The van der Waals surface area contributed by atoms with Crippen LogP contribution in [-0.2, 0) is 20.9 Å². The van der Waals surface area contributed by atoms with E-state index in [0.29, 0.717) is 18.7 Å². The van der Waals surface area contributed by atoms with Crippen LogP contribution in [-0.4, -0.2) is 35.2 Å². The highest BCUT2D eigenvalue weighted by atomic mass is 16.7. The summed E-state index contributed by atoms with van der Waals surface area (Å²) >= 11 is 0. The lowest BCUT2D eigenvalue weighted by Crippen LogP contribution is -2.52. The highest BCUT2D eigenvalue weighted by molar-refractivity contribution is 5.87. The predicted octanol–water partition coefficient (Wildman–Crippen LogP) is 2.57. The van der Waals surface area contributed by atoms with Gasteiger partial charge in [-0.05, 0) is 36.5 Å². The third kappa shape index (κ3) is 2.07. The summed E-state index contributed by atoms with van der Waals surface area (Å²) in [5, 5.41) is 0.984. The van der Waals surface area contributed by atoms with Gasteiger partial charge in [0.05, 0.1) is 29.1 Å². The molecule has 4 atom stereocenters. The van der Waals surface area contributed by atoms with Crippen LogP contribution in [0.15, 0.2) is 18.2 Å². The van der Waals surface area contributed by atoms with Gasteiger partial charge in [0.2, 0.25) is 12.7 Å². The van der Waals surface area contributed by atoms with Crippen molar-refractivity contribution in [2.45, 2.75) is 32.4 Å². The Morgan fingerprint density at radius 2 is 1.96 bits per heavy atom. The Hall–Kier alpha value is -2.83. The summed E-state index contributed by atoms with van der Waals surface area (Å²) in [6, 6.07) is 5.89. The molecule has 0 saturated carbocycles. The molecule has 0 radical (unpaired) electrons. The zero-order valence-corrected chi connectivity index (χ0v) is 15.5. The fourth-order valence-electron chi connectivity index (χ4n) is 5.33. The third-order valence-electron chi connectivity index (χ3n) is 6.73. The van der Waals surface area contributed by atoms with Crippen LogP contribution in [0.2, 0.25) is 0 Å². The van der Waals surface area contributed by atoms with E-state index in [4.69, 9.17) is 19.2 Å². The number of carbonyl (C=O) groups is 2. The van der Waals surface area contributed by atoms with Crippen molar-refractivity contribution in [3.8, 4) is 11.5 Å². The Kier molecular flexibility index (Phi) is 3.23. The molecule has 1 aromatic carbocycles. The molecule has 1 amide bonds. The second-order valence-corrected chi connectivity index (χ2v) is 8.06. The molecule has 28 heavy (non-hydrogen) atoms. The second kappa shape index (κ2) is 5.59.